The first kappa shape index (κ1) is 13.6. The number of carbonyl (C=O) groups is 1. The van der Waals surface area contributed by atoms with Gasteiger partial charge < -0.3 is 4.74 Å². The highest BCUT2D eigenvalue weighted by molar-refractivity contribution is 7.87. The van der Waals surface area contributed by atoms with Gasteiger partial charge in [0.1, 0.15) is 6.61 Å². The Morgan fingerprint density at radius 2 is 2.27 bits per heavy atom. The first-order valence-corrected chi connectivity index (χ1v) is 5.54. The SMILES string of the molecule is C=CCOC(=O)C(CCC#N)S(=O)(=O)O. The van der Waals surface area contributed by atoms with Crippen molar-refractivity contribution in [3.63, 3.8) is 0 Å². The van der Waals surface area contributed by atoms with E-state index in [1.54, 1.807) is 6.07 Å². The van der Waals surface area contributed by atoms with Crippen molar-refractivity contribution in [1.82, 2.24) is 0 Å². The molecule has 0 spiro atoms. The fourth-order valence-corrected chi connectivity index (χ4v) is 1.54. The van der Waals surface area contributed by atoms with Gasteiger partial charge in [0.15, 0.2) is 5.25 Å². The molecule has 0 aromatic heterocycles. The number of hydrogen-bond donors (Lipinski definition) is 1. The molecule has 6 nitrogen and oxygen atoms in total. The Kier molecular flexibility index (Phi) is 5.59. The Bertz CT molecular complexity index is 367. The molecule has 7 heteroatoms. The highest BCUT2D eigenvalue weighted by atomic mass is 32.2. The fourth-order valence-electron chi connectivity index (χ4n) is 0.818. The number of nitrogens with zero attached hydrogens (tertiary/aromatic N) is 1. The Hall–Kier alpha value is -1.39. The Morgan fingerprint density at radius 3 is 2.67 bits per heavy atom. The summed E-state index contributed by atoms with van der Waals surface area (Å²) in [5.41, 5.74) is 0. The second-order valence-electron chi connectivity index (χ2n) is 2.62. The number of hydrogen-bond acceptors (Lipinski definition) is 5. The van der Waals surface area contributed by atoms with E-state index in [0.29, 0.717) is 0 Å². The first-order valence-electron chi connectivity index (χ1n) is 4.04. The summed E-state index contributed by atoms with van der Waals surface area (Å²) in [5, 5.41) is 6.55. The maximum Gasteiger partial charge on any atom is 0.327 e. The lowest BCUT2D eigenvalue weighted by Gasteiger charge is -2.10. The van der Waals surface area contributed by atoms with Crippen LogP contribution in [0.3, 0.4) is 0 Å². The highest BCUT2D eigenvalue weighted by Crippen LogP contribution is 2.09. The van der Waals surface area contributed by atoms with Gasteiger partial charge in [0, 0.05) is 6.42 Å². The Labute approximate surface area is 87.9 Å². The van der Waals surface area contributed by atoms with Gasteiger partial charge in [-0.15, -0.1) is 0 Å². The van der Waals surface area contributed by atoms with Crippen molar-refractivity contribution in [2.45, 2.75) is 18.1 Å². The molecule has 1 atom stereocenters. The second kappa shape index (κ2) is 6.16. The molecule has 0 heterocycles. The lowest BCUT2D eigenvalue weighted by atomic mass is 10.2. The largest absolute Gasteiger partial charge is 0.460 e. The lowest BCUT2D eigenvalue weighted by molar-refractivity contribution is -0.142. The maximum absolute atomic E-state index is 11.1. The predicted octanol–water partition coefficient (Wildman–Crippen LogP) is 0.276. The molecular weight excluding hydrogens is 222 g/mol. The number of rotatable bonds is 6. The van der Waals surface area contributed by atoms with Crippen LogP contribution in [0.15, 0.2) is 12.7 Å². The third-order valence-electron chi connectivity index (χ3n) is 1.48. The van der Waals surface area contributed by atoms with Crippen LogP contribution in [-0.2, 0) is 19.6 Å². The Morgan fingerprint density at radius 1 is 1.67 bits per heavy atom. The van der Waals surface area contributed by atoms with Gasteiger partial charge in [-0.2, -0.15) is 13.7 Å². The summed E-state index contributed by atoms with van der Waals surface area (Å²) < 4.78 is 34.7. The van der Waals surface area contributed by atoms with Crippen LogP contribution in [0.5, 0.6) is 0 Å². The van der Waals surface area contributed by atoms with E-state index in [4.69, 9.17) is 9.81 Å². The molecule has 0 aliphatic carbocycles. The third-order valence-corrected chi connectivity index (χ3v) is 2.63. The molecule has 0 saturated carbocycles. The number of nitriles is 1. The van der Waals surface area contributed by atoms with Crippen LogP contribution < -0.4 is 0 Å². The van der Waals surface area contributed by atoms with Gasteiger partial charge in [-0.3, -0.25) is 9.35 Å². The van der Waals surface area contributed by atoms with Gasteiger partial charge >= 0.3 is 5.97 Å². The number of carbonyl (C=O) groups excluding carboxylic acids is 1. The molecule has 0 rings (SSSR count). The molecule has 0 fully saturated rings. The number of ether oxygens (including phenoxy) is 1. The summed E-state index contributed by atoms with van der Waals surface area (Å²) in [6.45, 7) is 3.13. The molecule has 0 radical (unpaired) electrons. The molecule has 0 bridgehead atoms. The molecule has 0 aromatic carbocycles. The Balaban J connectivity index is 4.57. The zero-order valence-corrected chi connectivity index (χ0v) is 8.74. The van der Waals surface area contributed by atoms with Crippen LogP contribution in [0.2, 0.25) is 0 Å². The van der Waals surface area contributed by atoms with E-state index in [9.17, 15) is 13.2 Å². The molecule has 15 heavy (non-hydrogen) atoms. The van der Waals surface area contributed by atoms with Crippen molar-refractivity contribution in [1.29, 1.82) is 5.26 Å². The minimum Gasteiger partial charge on any atom is -0.460 e. The van der Waals surface area contributed by atoms with Crippen molar-refractivity contribution in [3.05, 3.63) is 12.7 Å². The van der Waals surface area contributed by atoms with Gasteiger partial charge in [-0.1, -0.05) is 12.7 Å². The number of esters is 1. The summed E-state index contributed by atoms with van der Waals surface area (Å²) >= 11 is 0. The second-order valence-corrected chi connectivity index (χ2v) is 4.22. The first-order chi connectivity index (χ1) is 6.93. The van der Waals surface area contributed by atoms with E-state index >= 15 is 0 Å². The maximum atomic E-state index is 11.1. The molecule has 0 aliphatic heterocycles. The van der Waals surface area contributed by atoms with Gasteiger partial charge in [-0.05, 0) is 6.42 Å². The van der Waals surface area contributed by atoms with Crippen molar-refractivity contribution in [2.75, 3.05) is 6.61 Å². The van der Waals surface area contributed by atoms with Crippen LogP contribution in [-0.4, -0.2) is 30.8 Å². The minimum absolute atomic E-state index is 0.141. The summed E-state index contributed by atoms with van der Waals surface area (Å²) in [7, 11) is -4.53. The van der Waals surface area contributed by atoms with Gasteiger partial charge in [-0.25, -0.2) is 0 Å². The molecule has 1 unspecified atom stereocenters. The minimum atomic E-state index is -4.53. The van der Waals surface area contributed by atoms with Crippen molar-refractivity contribution >= 4 is 16.1 Å². The average Bonchev–Trinajstić information content (AvgIpc) is 2.13. The highest BCUT2D eigenvalue weighted by Gasteiger charge is 2.31. The summed E-state index contributed by atoms with van der Waals surface area (Å²) in [6, 6.07) is 1.68. The lowest BCUT2D eigenvalue weighted by Crippen LogP contribution is -2.31. The molecular formula is C8H11NO5S. The van der Waals surface area contributed by atoms with E-state index in [1.165, 1.54) is 6.08 Å². The normalized spacial score (nSPS) is 12.5. The zero-order chi connectivity index (χ0) is 11.9. The molecule has 0 aromatic rings. The summed E-state index contributed by atoms with van der Waals surface area (Å²) in [4.78, 5) is 11.1. The van der Waals surface area contributed by atoms with E-state index < -0.39 is 21.3 Å². The van der Waals surface area contributed by atoms with Crippen LogP contribution >= 0.6 is 0 Å². The van der Waals surface area contributed by atoms with Crippen LogP contribution in [0, 0.1) is 11.3 Å². The molecule has 0 saturated heterocycles. The van der Waals surface area contributed by atoms with E-state index in [1.807, 2.05) is 0 Å². The average molecular weight is 233 g/mol. The van der Waals surface area contributed by atoms with Gasteiger partial charge in [0.25, 0.3) is 10.1 Å². The van der Waals surface area contributed by atoms with Gasteiger partial charge in [0.05, 0.1) is 6.07 Å². The zero-order valence-electron chi connectivity index (χ0n) is 7.92. The van der Waals surface area contributed by atoms with Crippen molar-refractivity contribution in [3.8, 4) is 6.07 Å². The quantitative estimate of drug-likeness (QED) is 0.401. The smallest absolute Gasteiger partial charge is 0.327 e. The molecule has 84 valence electrons. The van der Waals surface area contributed by atoms with Crippen molar-refractivity contribution in [2.24, 2.45) is 0 Å². The molecule has 0 amide bonds. The predicted molar refractivity (Wildman–Crippen MR) is 51.3 cm³/mol. The summed E-state index contributed by atoms with van der Waals surface area (Å²) in [5.74, 6) is -1.08. The van der Waals surface area contributed by atoms with Crippen LogP contribution in [0.4, 0.5) is 0 Å². The summed E-state index contributed by atoms with van der Waals surface area (Å²) in [6.07, 6.45) is 0.822. The van der Waals surface area contributed by atoms with Gasteiger partial charge in [0.2, 0.25) is 0 Å². The van der Waals surface area contributed by atoms with E-state index in [2.05, 4.69) is 11.3 Å². The molecule has 1 N–H and O–H groups in total. The topological polar surface area (TPSA) is 104 Å². The van der Waals surface area contributed by atoms with E-state index in [-0.39, 0.29) is 19.4 Å². The van der Waals surface area contributed by atoms with Crippen LogP contribution in [0.1, 0.15) is 12.8 Å². The van der Waals surface area contributed by atoms with Crippen LogP contribution in [0.25, 0.3) is 0 Å². The monoisotopic (exact) mass is 233 g/mol. The van der Waals surface area contributed by atoms with E-state index in [0.717, 1.165) is 0 Å². The third kappa shape index (κ3) is 5.15. The fraction of sp³-hybridized carbons (Fsp3) is 0.500. The molecule has 0 aliphatic rings. The van der Waals surface area contributed by atoms with Crippen molar-refractivity contribution < 1.29 is 22.5 Å². The standard InChI is InChI=1S/C8H11NO5S/c1-2-6-14-8(10)7(4-3-5-9)15(11,12)13/h2,7H,1,3-4,6H2,(H,11,12,13).